The summed E-state index contributed by atoms with van der Waals surface area (Å²) in [5, 5.41) is 6.52. The van der Waals surface area contributed by atoms with Gasteiger partial charge in [-0.15, -0.1) is 0 Å². The Morgan fingerprint density at radius 1 is 0.964 bits per heavy atom. The van der Waals surface area contributed by atoms with Gasteiger partial charge >= 0.3 is 0 Å². The lowest BCUT2D eigenvalue weighted by Crippen LogP contribution is -2.40. The topological polar surface area (TPSA) is 59.6 Å². The molecule has 5 nitrogen and oxygen atoms in total. The maximum Gasteiger partial charge on any atom is 0.251 e. The first-order valence-electron chi connectivity index (χ1n) is 10.3. The van der Waals surface area contributed by atoms with Gasteiger partial charge in [-0.25, -0.2) is 0 Å². The third kappa shape index (κ3) is 3.53. The van der Waals surface area contributed by atoms with Crippen molar-refractivity contribution in [3.05, 3.63) is 54.1 Å². The molecule has 0 saturated heterocycles. The van der Waals surface area contributed by atoms with Gasteiger partial charge in [0.15, 0.2) is 11.5 Å². The first-order chi connectivity index (χ1) is 13.7. The third-order valence-corrected chi connectivity index (χ3v) is 5.78. The molecule has 0 unspecified atom stereocenters. The average Bonchev–Trinajstić information content (AvgIpc) is 3.46. The van der Waals surface area contributed by atoms with Crippen molar-refractivity contribution in [3.63, 3.8) is 0 Å². The quantitative estimate of drug-likeness (QED) is 0.801. The Hall–Kier alpha value is -2.69. The molecule has 146 valence electrons. The number of benzene rings is 2. The van der Waals surface area contributed by atoms with Crippen LogP contribution in [-0.4, -0.2) is 17.7 Å². The minimum Gasteiger partial charge on any atom is -0.448 e. The highest BCUT2D eigenvalue weighted by Crippen LogP contribution is 2.46. The van der Waals surface area contributed by atoms with E-state index >= 15 is 0 Å². The SMILES string of the molecule is O=C(NC1CC1)[C@@H](Nc1ccc2c(c1)OC1(CCCCC1)O2)c1ccccc1. The van der Waals surface area contributed by atoms with Gasteiger partial charge in [-0.05, 0) is 43.4 Å². The minimum absolute atomic E-state index is 0.00937. The third-order valence-electron chi connectivity index (χ3n) is 5.78. The lowest BCUT2D eigenvalue weighted by Gasteiger charge is -2.31. The fourth-order valence-electron chi connectivity index (χ4n) is 4.10. The Morgan fingerprint density at radius 3 is 2.46 bits per heavy atom. The van der Waals surface area contributed by atoms with Crippen molar-refractivity contribution in [1.29, 1.82) is 0 Å². The lowest BCUT2D eigenvalue weighted by molar-refractivity contribution is -0.122. The number of anilines is 1. The Labute approximate surface area is 165 Å². The maximum absolute atomic E-state index is 12.8. The van der Waals surface area contributed by atoms with Crippen LogP contribution < -0.4 is 20.1 Å². The molecule has 1 atom stereocenters. The molecule has 2 aliphatic carbocycles. The number of carbonyl (C=O) groups is 1. The van der Waals surface area contributed by atoms with E-state index in [1.807, 2.05) is 48.5 Å². The molecule has 28 heavy (non-hydrogen) atoms. The molecule has 1 aliphatic heterocycles. The van der Waals surface area contributed by atoms with Gasteiger partial charge in [-0.1, -0.05) is 36.8 Å². The molecule has 2 N–H and O–H groups in total. The summed E-state index contributed by atoms with van der Waals surface area (Å²) in [6.45, 7) is 0. The highest BCUT2D eigenvalue weighted by atomic mass is 16.7. The molecule has 0 bridgehead atoms. The number of ether oxygens (including phenoxy) is 2. The number of nitrogens with one attached hydrogen (secondary N) is 2. The van der Waals surface area contributed by atoms with E-state index in [4.69, 9.17) is 9.47 Å². The molecule has 2 saturated carbocycles. The average molecular weight is 378 g/mol. The summed E-state index contributed by atoms with van der Waals surface area (Å²) in [6, 6.07) is 15.6. The van der Waals surface area contributed by atoms with E-state index in [-0.39, 0.29) is 5.91 Å². The van der Waals surface area contributed by atoms with Gasteiger partial charge in [0, 0.05) is 30.6 Å². The Bertz CT molecular complexity index is 857. The Morgan fingerprint density at radius 2 is 1.71 bits per heavy atom. The fourth-order valence-corrected chi connectivity index (χ4v) is 4.10. The summed E-state index contributed by atoms with van der Waals surface area (Å²) in [4.78, 5) is 12.8. The first-order valence-corrected chi connectivity index (χ1v) is 10.3. The molecular formula is C23H26N2O3. The van der Waals surface area contributed by atoms with Gasteiger partial charge in [0.1, 0.15) is 6.04 Å². The summed E-state index contributed by atoms with van der Waals surface area (Å²) in [5.74, 6) is 1.09. The van der Waals surface area contributed by atoms with E-state index in [0.29, 0.717) is 6.04 Å². The molecule has 5 heteroatoms. The van der Waals surface area contributed by atoms with Crippen LogP contribution in [0.15, 0.2) is 48.5 Å². The highest BCUT2D eigenvalue weighted by Gasteiger charge is 2.42. The van der Waals surface area contributed by atoms with E-state index in [0.717, 1.165) is 61.3 Å². The Kier molecular flexibility index (Phi) is 4.38. The molecule has 0 radical (unpaired) electrons. The predicted octanol–water partition coefficient (Wildman–Crippen LogP) is 4.55. The Balaban J connectivity index is 1.36. The van der Waals surface area contributed by atoms with E-state index in [1.165, 1.54) is 6.42 Å². The summed E-state index contributed by atoms with van der Waals surface area (Å²) in [5.41, 5.74) is 1.80. The van der Waals surface area contributed by atoms with Crippen LogP contribution in [0.5, 0.6) is 11.5 Å². The van der Waals surface area contributed by atoms with Crippen molar-refractivity contribution < 1.29 is 14.3 Å². The molecule has 1 spiro atoms. The summed E-state index contributed by atoms with van der Waals surface area (Å²) in [6.07, 6.45) is 7.51. The van der Waals surface area contributed by atoms with Crippen LogP contribution in [0, 0.1) is 0 Å². The smallest absolute Gasteiger partial charge is 0.251 e. The molecule has 5 rings (SSSR count). The monoisotopic (exact) mass is 378 g/mol. The lowest BCUT2D eigenvalue weighted by atomic mass is 9.94. The van der Waals surface area contributed by atoms with Crippen molar-refractivity contribution in [3.8, 4) is 11.5 Å². The maximum atomic E-state index is 12.8. The zero-order chi connectivity index (χ0) is 19.0. The van der Waals surface area contributed by atoms with Gasteiger partial charge in [0.05, 0.1) is 0 Å². The van der Waals surface area contributed by atoms with Gasteiger partial charge in [0.2, 0.25) is 5.91 Å². The number of carbonyl (C=O) groups excluding carboxylic acids is 1. The molecule has 1 amide bonds. The standard InChI is InChI=1S/C23H26N2O3/c26-22(25-17-9-10-17)21(16-7-3-1-4-8-16)24-18-11-12-19-20(15-18)28-23(27-19)13-5-2-6-14-23/h1,3-4,7-8,11-12,15,17,21,24H,2,5-6,9-10,13-14H2,(H,25,26)/t21-/m0/s1. The second-order valence-corrected chi connectivity index (χ2v) is 8.11. The van der Waals surface area contributed by atoms with Crippen LogP contribution in [0.25, 0.3) is 0 Å². The zero-order valence-corrected chi connectivity index (χ0v) is 15.9. The van der Waals surface area contributed by atoms with E-state index in [2.05, 4.69) is 10.6 Å². The molecule has 2 fully saturated rings. The van der Waals surface area contributed by atoms with Crippen molar-refractivity contribution in [1.82, 2.24) is 5.32 Å². The summed E-state index contributed by atoms with van der Waals surface area (Å²) >= 11 is 0. The number of amides is 1. The van der Waals surface area contributed by atoms with Crippen LogP contribution >= 0.6 is 0 Å². The van der Waals surface area contributed by atoms with Crippen LogP contribution in [0.2, 0.25) is 0 Å². The van der Waals surface area contributed by atoms with E-state index in [1.54, 1.807) is 0 Å². The van der Waals surface area contributed by atoms with Crippen LogP contribution in [-0.2, 0) is 4.79 Å². The van der Waals surface area contributed by atoms with Crippen molar-refractivity contribution in [2.45, 2.75) is 62.8 Å². The number of fused-ring (bicyclic) bond motifs is 1. The fraction of sp³-hybridized carbons (Fsp3) is 0.435. The van der Waals surface area contributed by atoms with Crippen molar-refractivity contribution >= 4 is 11.6 Å². The van der Waals surface area contributed by atoms with Crippen molar-refractivity contribution in [2.24, 2.45) is 0 Å². The van der Waals surface area contributed by atoms with Crippen LogP contribution in [0.4, 0.5) is 5.69 Å². The molecular weight excluding hydrogens is 352 g/mol. The number of rotatable bonds is 5. The second kappa shape index (κ2) is 7.04. The van der Waals surface area contributed by atoms with Crippen LogP contribution in [0.3, 0.4) is 0 Å². The molecule has 2 aromatic rings. The largest absolute Gasteiger partial charge is 0.448 e. The van der Waals surface area contributed by atoms with Crippen molar-refractivity contribution in [2.75, 3.05) is 5.32 Å². The first kappa shape index (κ1) is 17.4. The molecule has 0 aromatic heterocycles. The molecule has 2 aromatic carbocycles. The van der Waals surface area contributed by atoms with Gasteiger partial charge in [-0.2, -0.15) is 0 Å². The zero-order valence-electron chi connectivity index (χ0n) is 15.9. The van der Waals surface area contributed by atoms with Gasteiger partial charge < -0.3 is 20.1 Å². The minimum atomic E-state index is -0.485. The second-order valence-electron chi connectivity index (χ2n) is 8.11. The van der Waals surface area contributed by atoms with Crippen LogP contribution in [0.1, 0.15) is 56.6 Å². The summed E-state index contributed by atoms with van der Waals surface area (Å²) < 4.78 is 12.4. The number of hydrogen-bond acceptors (Lipinski definition) is 4. The number of hydrogen-bond donors (Lipinski definition) is 2. The predicted molar refractivity (Wildman–Crippen MR) is 107 cm³/mol. The molecule has 1 heterocycles. The van der Waals surface area contributed by atoms with Gasteiger partial charge in [-0.3, -0.25) is 4.79 Å². The molecule has 3 aliphatic rings. The van der Waals surface area contributed by atoms with Gasteiger partial charge in [0.25, 0.3) is 5.79 Å². The van der Waals surface area contributed by atoms with E-state index < -0.39 is 11.8 Å². The normalized spacial score (nSPS) is 20.6. The summed E-state index contributed by atoms with van der Waals surface area (Å²) in [7, 11) is 0. The van der Waals surface area contributed by atoms with E-state index in [9.17, 15) is 4.79 Å². The highest BCUT2D eigenvalue weighted by molar-refractivity contribution is 5.86.